The number of hydrogen-bond donors (Lipinski definition) is 1. The fraction of sp³-hybridized carbons (Fsp3) is 0.421. The van der Waals surface area contributed by atoms with Gasteiger partial charge in [-0.25, -0.2) is 0 Å². The van der Waals surface area contributed by atoms with Gasteiger partial charge in [-0.1, -0.05) is 23.0 Å². The molecule has 2 aromatic rings. The summed E-state index contributed by atoms with van der Waals surface area (Å²) in [6, 6.07) is 8.62. The first-order chi connectivity index (χ1) is 12.2. The Morgan fingerprint density at radius 3 is 2.96 bits per heavy atom. The zero-order valence-electron chi connectivity index (χ0n) is 14.3. The van der Waals surface area contributed by atoms with Gasteiger partial charge in [-0.3, -0.25) is 0 Å². The molecule has 0 spiro atoms. The standard InChI is InChI=1S/C19H21NO3S2/c1-12-19(22-2,7-8-23-12)14-10-18(24-11-14)25-15-4-5-16-13(9-15)3-6-17(16)20-21/h4-5,9-12,21H,3,6-8H2,1-2H3/b20-17+/t12-,19-/m1/s1. The fourth-order valence-corrected chi connectivity index (χ4v) is 5.90. The van der Waals surface area contributed by atoms with Crippen molar-refractivity contribution in [1.29, 1.82) is 0 Å². The zero-order valence-corrected chi connectivity index (χ0v) is 16.0. The summed E-state index contributed by atoms with van der Waals surface area (Å²) in [6.45, 7) is 2.83. The summed E-state index contributed by atoms with van der Waals surface area (Å²) in [6.07, 6.45) is 2.73. The molecular formula is C19H21NO3S2. The van der Waals surface area contributed by atoms with Crippen LogP contribution < -0.4 is 0 Å². The van der Waals surface area contributed by atoms with Gasteiger partial charge in [-0.05, 0) is 54.5 Å². The molecule has 0 radical (unpaired) electrons. The van der Waals surface area contributed by atoms with Crippen LogP contribution in [0.2, 0.25) is 0 Å². The molecule has 1 fully saturated rings. The maximum Gasteiger partial charge on any atom is 0.121 e. The first-order valence-corrected chi connectivity index (χ1v) is 10.1. The van der Waals surface area contributed by atoms with Gasteiger partial charge in [-0.2, -0.15) is 0 Å². The molecule has 25 heavy (non-hydrogen) atoms. The summed E-state index contributed by atoms with van der Waals surface area (Å²) in [7, 11) is 1.77. The van der Waals surface area contributed by atoms with Crippen molar-refractivity contribution in [2.45, 2.75) is 47.0 Å². The summed E-state index contributed by atoms with van der Waals surface area (Å²) in [5.41, 5.74) is 4.03. The molecule has 0 amide bonds. The van der Waals surface area contributed by atoms with Crippen LogP contribution >= 0.6 is 23.1 Å². The summed E-state index contributed by atoms with van der Waals surface area (Å²) < 4.78 is 12.9. The number of methoxy groups -OCH3 is 1. The second-order valence-corrected chi connectivity index (χ2v) is 8.76. The maximum absolute atomic E-state index is 9.06. The Balaban J connectivity index is 1.56. The number of rotatable bonds is 4. The lowest BCUT2D eigenvalue weighted by molar-refractivity contribution is -0.0645. The van der Waals surface area contributed by atoms with Crippen molar-refractivity contribution in [2.24, 2.45) is 5.16 Å². The van der Waals surface area contributed by atoms with Gasteiger partial charge >= 0.3 is 0 Å². The van der Waals surface area contributed by atoms with Gasteiger partial charge in [0, 0.05) is 24.0 Å². The van der Waals surface area contributed by atoms with E-state index in [4.69, 9.17) is 14.7 Å². The molecule has 1 saturated heterocycles. The molecule has 4 rings (SSSR count). The van der Waals surface area contributed by atoms with Gasteiger partial charge in [0.25, 0.3) is 0 Å². The molecule has 132 valence electrons. The zero-order chi connectivity index (χ0) is 17.4. The lowest BCUT2D eigenvalue weighted by atomic mass is 9.90. The second-order valence-electron chi connectivity index (χ2n) is 6.48. The molecule has 0 bridgehead atoms. The third-order valence-corrected chi connectivity index (χ3v) is 7.35. The first-order valence-electron chi connectivity index (χ1n) is 8.44. The molecular weight excluding hydrogens is 354 g/mol. The molecule has 6 heteroatoms. The van der Waals surface area contributed by atoms with E-state index in [0.717, 1.165) is 37.1 Å². The van der Waals surface area contributed by atoms with Crippen LogP contribution in [0.25, 0.3) is 0 Å². The Morgan fingerprint density at radius 2 is 2.24 bits per heavy atom. The van der Waals surface area contributed by atoms with E-state index in [-0.39, 0.29) is 11.7 Å². The van der Waals surface area contributed by atoms with E-state index >= 15 is 0 Å². The molecule has 1 N–H and O–H groups in total. The quantitative estimate of drug-likeness (QED) is 0.623. The van der Waals surface area contributed by atoms with Gasteiger partial charge < -0.3 is 14.7 Å². The van der Waals surface area contributed by atoms with E-state index in [1.54, 1.807) is 30.2 Å². The molecule has 0 unspecified atom stereocenters. The van der Waals surface area contributed by atoms with Crippen LogP contribution in [-0.4, -0.2) is 30.7 Å². The summed E-state index contributed by atoms with van der Waals surface area (Å²) in [5, 5.41) is 14.7. The van der Waals surface area contributed by atoms with Gasteiger partial charge in [0.05, 0.1) is 22.6 Å². The molecule has 2 heterocycles. The monoisotopic (exact) mass is 375 g/mol. The third-order valence-electron chi connectivity index (χ3n) is 5.28. The van der Waals surface area contributed by atoms with Crippen LogP contribution in [0.15, 0.2) is 43.9 Å². The van der Waals surface area contributed by atoms with Crippen molar-refractivity contribution in [3.63, 3.8) is 0 Å². The number of benzene rings is 1. The van der Waals surface area contributed by atoms with E-state index in [9.17, 15) is 0 Å². The van der Waals surface area contributed by atoms with Crippen LogP contribution in [0.3, 0.4) is 0 Å². The highest BCUT2D eigenvalue weighted by Crippen LogP contribution is 2.44. The third kappa shape index (κ3) is 2.91. The molecule has 1 aliphatic carbocycles. The second kappa shape index (κ2) is 6.76. The Hall–Kier alpha value is -1.34. The number of nitrogens with zero attached hydrogens (tertiary/aromatic N) is 1. The van der Waals surface area contributed by atoms with Gasteiger partial charge in [0.1, 0.15) is 5.60 Å². The number of hydrogen-bond acceptors (Lipinski definition) is 6. The summed E-state index contributed by atoms with van der Waals surface area (Å²) in [5.74, 6) is 0. The van der Waals surface area contributed by atoms with Crippen molar-refractivity contribution in [1.82, 2.24) is 0 Å². The number of fused-ring (bicyclic) bond motifs is 1. The predicted molar refractivity (Wildman–Crippen MR) is 100 cm³/mol. The van der Waals surface area contributed by atoms with Crippen molar-refractivity contribution in [3.8, 4) is 0 Å². The largest absolute Gasteiger partial charge is 0.411 e. The SMILES string of the molecule is CO[C@]1(c2csc(Sc3ccc4c(c3)CC/C4=N\O)c2)CCO[C@@H]1C. The first kappa shape index (κ1) is 17.1. The molecule has 1 aromatic heterocycles. The molecule has 4 nitrogen and oxygen atoms in total. The smallest absolute Gasteiger partial charge is 0.121 e. The van der Waals surface area contributed by atoms with Gasteiger partial charge in [0.2, 0.25) is 0 Å². The minimum absolute atomic E-state index is 0.0705. The molecule has 2 aliphatic rings. The van der Waals surface area contributed by atoms with Crippen LogP contribution in [-0.2, 0) is 21.5 Å². The fourth-order valence-electron chi connectivity index (χ4n) is 3.81. The highest BCUT2D eigenvalue weighted by Gasteiger charge is 2.44. The Bertz CT molecular complexity index is 817. The van der Waals surface area contributed by atoms with E-state index in [0.29, 0.717) is 0 Å². The van der Waals surface area contributed by atoms with Crippen molar-refractivity contribution >= 4 is 28.8 Å². The number of ether oxygens (including phenoxy) is 2. The van der Waals surface area contributed by atoms with Crippen LogP contribution in [0.1, 0.15) is 36.5 Å². The summed E-state index contributed by atoms with van der Waals surface area (Å²) in [4.78, 5) is 1.22. The van der Waals surface area contributed by atoms with Crippen LogP contribution in [0, 0.1) is 0 Å². The predicted octanol–water partition coefficient (Wildman–Crippen LogP) is 4.67. The minimum Gasteiger partial charge on any atom is -0.411 e. The lowest BCUT2D eigenvalue weighted by Gasteiger charge is -2.30. The Labute approximate surface area is 155 Å². The van der Waals surface area contributed by atoms with Crippen molar-refractivity contribution < 1.29 is 14.7 Å². The average Bonchev–Trinajstić information content (AvgIpc) is 3.33. The number of thiophene rings is 1. The van der Waals surface area contributed by atoms with Crippen LogP contribution in [0.4, 0.5) is 0 Å². The number of oxime groups is 1. The average molecular weight is 376 g/mol. The highest BCUT2D eigenvalue weighted by molar-refractivity contribution is 8.01. The molecule has 2 atom stereocenters. The topological polar surface area (TPSA) is 51.0 Å². The molecule has 1 aromatic carbocycles. The van der Waals surface area contributed by atoms with Crippen molar-refractivity contribution in [3.05, 3.63) is 46.3 Å². The normalized spacial score (nSPS) is 27.1. The summed E-state index contributed by atoms with van der Waals surface area (Å²) >= 11 is 3.52. The van der Waals surface area contributed by atoms with Gasteiger partial charge in [-0.15, -0.1) is 11.3 Å². The molecule has 1 aliphatic heterocycles. The number of aryl methyl sites for hydroxylation is 1. The van der Waals surface area contributed by atoms with E-state index in [1.165, 1.54) is 20.2 Å². The maximum atomic E-state index is 9.06. The lowest BCUT2D eigenvalue weighted by Crippen LogP contribution is -2.35. The van der Waals surface area contributed by atoms with Crippen LogP contribution in [0.5, 0.6) is 0 Å². The Morgan fingerprint density at radius 1 is 1.36 bits per heavy atom. The highest BCUT2D eigenvalue weighted by atomic mass is 32.2. The van der Waals surface area contributed by atoms with E-state index in [1.807, 2.05) is 0 Å². The minimum atomic E-state index is -0.320. The van der Waals surface area contributed by atoms with Gasteiger partial charge in [0.15, 0.2) is 0 Å². The Kier molecular flexibility index (Phi) is 4.62. The van der Waals surface area contributed by atoms with Crippen molar-refractivity contribution in [2.75, 3.05) is 13.7 Å². The van der Waals surface area contributed by atoms with E-state index in [2.05, 4.69) is 41.7 Å². The molecule has 0 saturated carbocycles. The van der Waals surface area contributed by atoms with E-state index < -0.39 is 0 Å².